The van der Waals surface area contributed by atoms with Gasteiger partial charge in [0.25, 0.3) is 0 Å². The maximum atomic E-state index is 4.02. The first kappa shape index (κ1) is 12.7. The van der Waals surface area contributed by atoms with Crippen molar-refractivity contribution in [2.45, 2.75) is 53.0 Å². The Morgan fingerprint density at radius 3 is 2.38 bits per heavy atom. The quantitative estimate of drug-likeness (QED) is 0.597. The van der Waals surface area contributed by atoms with Gasteiger partial charge in [-0.25, -0.2) is 0 Å². The van der Waals surface area contributed by atoms with Gasteiger partial charge in [-0.05, 0) is 31.7 Å². The van der Waals surface area contributed by atoms with Crippen LogP contribution in [0.3, 0.4) is 0 Å². The number of hydrogen-bond acceptors (Lipinski definition) is 1. The van der Waals surface area contributed by atoms with E-state index in [0.29, 0.717) is 6.04 Å². The Bertz CT molecular complexity index is 138. The van der Waals surface area contributed by atoms with Crippen LogP contribution in [0.2, 0.25) is 0 Å². The third-order valence-corrected chi connectivity index (χ3v) is 2.37. The number of rotatable bonds is 7. The maximum absolute atomic E-state index is 4.02. The Morgan fingerprint density at radius 1 is 1.31 bits per heavy atom. The molecule has 0 aromatic rings. The van der Waals surface area contributed by atoms with Crippen LogP contribution in [0.5, 0.6) is 0 Å². The van der Waals surface area contributed by atoms with E-state index in [1.165, 1.54) is 18.4 Å². The molecule has 0 saturated heterocycles. The smallest absolute Gasteiger partial charge is 0.00104 e. The van der Waals surface area contributed by atoms with Gasteiger partial charge in [0, 0.05) is 6.04 Å². The van der Waals surface area contributed by atoms with Crippen LogP contribution in [0.15, 0.2) is 12.2 Å². The van der Waals surface area contributed by atoms with Crippen LogP contribution < -0.4 is 5.32 Å². The van der Waals surface area contributed by atoms with Gasteiger partial charge in [0.05, 0.1) is 0 Å². The van der Waals surface area contributed by atoms with Crippen LogP contribution in [0.25, 0.3) is 0 Å². The van der Waals surface area contributed by atoms with Gasteiger partial charge in [-0.15, -0.1) is 0 Å². The molecule has 0 aromatic heterocycles. The summed E-state index contributed by atoms with van der Waals surface area (Å²) in [4.78, 5) is 0. The molecule has 13 heavy (non-hydrogen) atoms. The summed E-state index contributed by atoms with van der Waals surface area (Å²) in [5, 5.41) is 3.46. The molecule has 1 atom stereocenters. The van der Waals surface area contributed by atoms with Crippen molar-refractivity contribution < 1.29 is 0 Å². The highest BCUT2D eigenvalue weighted by atomic mass is 14.9. The highest BCUT2D eigenvalue weighted by Gasteiger charge is 2.03. The summed E-state index contributed by atoms with van der Waals surface area (Å²) in [6.07, 6.45) is 3.59. The van der Waals surface area contributed by atoms with Gasteiger partial charge in [-0.1, -0.05) is 39.8 Å². The molecule has 0 aromatic carbocycles. The number of allylic oxidation sites excluding steroid dienone is 1. The Balaban J connectivity index is 3.40. The first-order chi connectivity index (χ1) is 6.06. The lowest BCUT2D eigenvalue weighted by molar-refractivity contribution is 0.452. The summed E-state index contributed by atoms with van der Waals surface area (Å²) < 4.78 is 0. The fraction of sp³-hybridized carbons (Fsp3) is 0.833. The lowest BCUT2D eigenvalue weighted by atomic mass is 10.0. The second-order valence-electron chi connectivity index (χ2n) is 4.31. The molecule has 0 aliphatic rings. The van der Waals surface area contributed by atoms with E-state index in [1.807, 2.05) is 0 Å². The minimum absolute atomic E-state index is 0.608. The first-order valence-electron chi connectivity index (χ1n) is 5.46. The lowest BCUT2D eigenvalue weighted by Crippen LogP contribution is -2.27. The van der Waals surface area contributed by atoms with Crippen molar-refractivity contribution in [1.82, 2.24) is 5.32 Å². The molecule has 0 aliphatic heterocycles. The van der Waals surface area contributed by atoms with Crippen LogP contribution in [0, 0.1) is 5.92 Å². The Labute approximate surface area is 83.6 Å². The molecule has 0 fully saturated rings. The SMILES string of the molecule is C=C(CC)CCC(C)CNC(C)C. The van der Waals surface area contributed by atoms with Gasteiger partial charge in [0.2, 0.25) is 0 Å². The summed E-state index contributed by atoms with van der Waals surface area (Å²) in [5.74, 6) is 0.769. The molecule has 0 radical (unpaired) electrons. The van der Waals surface area contributed by atoms with E-state index < -0.39 is 0 Å². The molecule has 0 saturated carbocycles. The highest BCUT2D eigenvalue weighted by molar-refractivity contribution is 4.92. The lowest BCUT2D eigenvalue weighted by Gasteiger charge is -2.14. The zero-order valence-corrected chi connectivity index (χ0v) is 9.69. The summed E-state index contributed by atoms with van der Waals surface area (Å²) in [6.45, 7) is 14.0. The first-order valence-corrected chi connectivity index (χ1v) is 5.46. The predicted molar refractivity (Wildman–Crippen MR) is 61.0 cm³/mol. The van der Waals surface area contributed by atoms with Gasteiger partial charge in [0.1, 0.15) is 0 Å². The summed E-state index contributed by atoms with van der Waals surface area (Å²) in [5.41, 5.74) is 1.39. The molecule has 1 unspecified atom stereocenters. The average Bonchev–Trinajstić information content (AvgIpc) is 2.10. The monoisotopic (exact) mass is 183 g/mol. The highest BCUT2D eigenvalue weighted by Crippen LogP contribution is 2.12. The molecule has 0 amide bonds. The molecule has 0 rings (SSSR count). The molecular formula is C12H25N. The fourth-order valence-corrected chi connectivity index (χ4v) is 1.17. The van der Waals surface area contributed by atoms with Crippen LogP contribution in [0.1, 0.15) is 47.0 Å². The second kappa shape index (κ2) is 7.14. The summed E-state index contributed by atoms with van der Waals surface area (Å²) in [7, 11) is 0. The molecular weight excluding hydrogens is 158 g/mol. The molecule has 0 bridgehead atoms. The number of nitrogens with one attached hydrogen (secondary N) is 1. The maximum Gasteiger partial charge on any atom is 0.00104 e. The van der Waals surface area contributed by atoms with E-state index in [4.69, 9.17) is 0 Å². The van der Waals surface area contributed by atoms with E-state index >= 15 is 0 Å². The third kappa shape index (κ3) is 8.04. The average molecular weight is 183 g/mol. The van der Waals surface area contributed by atoms with E-state index in [-0.39, 0.29) is 0 Å². The topological polar surface area (TPSA) is 12.0 Å². The van der Waals surface area contributed by atoms with Gasteiger partial charge in [-0.3, -0.25) is 0 Å². The van der Waals surface area contributed by atoms with Crippen molar-refractivity contribution >= 4 is 0 Å². The zero-order valence-electron chi connectivity index (χ0n) is 9.69. The standard InChI is InChI=1S/C12H25N/c1-6-11(4)7-8-12(5)9-13-10(2)3/h10,12-13H,4,6-9H2,1-3,5H3. The molecule has 1 nitrogen and oxygen atoms in total. The Kier molecular flexibility index (Phi) is 6.97. The minimum atomic E-state index is 0.608. The summed E-state index contributed by atoms with van der Waals surface area (Å²) in [6, 6.07) is 0.608. The zero-order chi connectivity index (χ0) is 10.3. The molecule has 78 valence electrons. The predicted octanol–water partition coefficient (Wildman–Crippen LogP) is 3.37. The van der Waals surface area contributed by atoms with E-state index in [9.17, 15) is 0 Å². The Morgan fingerprint density at radius 2 is 1.92 bits per heavy atom. The van der Waals surface area contributed by atoms with E-state index in [0.717, 1.165) is 18.9 Å². The van der Waals surface area contributed by atoms with Crippen molar-refractivity contribution in [3.63, 3.8) is 0 Å². The molecule has 0 aliphatic carbocycles. The van der Waals surface area contributed by atoms with Gasteiger partial charge in [-0.2, -0.15) is 0 Å². The van der Waals surface area contributed by atoms with Gasteiger partial charge < -0.3 is 5.32 Å². The van der Waals surface area contributed by atoms with Crippen molar-refractivity contribution in [2.75, 3.05) is 6.54 Å². The minimum Gasteiger partial charge on any atom is -0.314 e. The van der Waals surface area contributed by atoms with Crippen LogP contribution in [0.4, 0.5) is 0 Å². The van der Waals surface area contributed by atoms with Crippen molar-refractivity contribution in [2.24, 2.45) is 5.92 Å². The third-order valence-electron chi connectivity index (χ3n) is 2.37. The van der Waals surface area contributed by atoms with Crippen molar-refractivity contribution in [3.8, 4) is 0 Å². The van der Waals surface area contributed by atoms with Crippen LogP contribution >= 0.6 is 0 Å². The van der Waals surface area contributed by atoms with Gasteiger partial charge >= 0.3 is 0 Å². The van der Waals surface area contributed by atoms with E-state index in [1.54, 1.807) is 0 Å². The Hall–Kier alpha value is -0.300. The van der Waals surface area contributed by atoms with Crippen molar-refractivity contribution in [3.05, 3.63) is 12.2 Å². The number of hydrogen-bond donors (Lipinski definition) is 1. The molecule has 0 heterocycles. The molecule has 1 heteroatoms. The fourth-order valence-electron chi connectivity index (χ4n) is 1.17. The van der Waals surface area contributed by atoms with E-state index in [2.05, 4.69) is 39.6 Å². The normalized spacial score (nSPS) is 13.3. The second-order valence-corrected chi connectivity index (χ2v) is 4.31. The van der Waals surface area contributed by atoms with Gasteiger partial charge in [0.15, 0.2) is 0 Å². The van der Waals surface area contributed by atoms with Crippen molar-refractivity contribution in [1.29, 1.82) is 0 Å². The summed E-state index contributed by atoms with van der Waals surface area (Å²) >= 11 is 0. The van der Waals surface area contributed by atoms with Crippen LogP contribution in [-0.4, -0.2) is 12.6 Å². The largest absolute Gasteiger partial charge is 0.314 e. The van der Waals surface area contributed by atoms with Crippen LogP contribution in [-0.2, 0) is 0 Å². The molecule has 1 N–H and O–H groups in total. The molecule has 0 spiro atoms.